The van der Waals surface area contributed by atoms with Crippen LogP contribution in [-0.2, 0) is 9.59 Å². The van der Waals surface area contributed by atoms with E-state index in [1.165, 1.54) is 30.6 Å². The number of thioether (sulfide) groups is 1. The molecule has 1 aliphatic rings. The van der Waals surface area contributed by atoms with Crippen molar-refractivity contribution >= 4 is 40.8 Å². The molecular formula is C20H15ClN4O2S. The summed E-state index contributed by atoms with van der Waals surface area (Å²) in [6, 6.07) is 16.5. The maximum absolute atomic E-state index is 12.7. The monoisotopic (exact) mass is 410 g/mol. The van der Waals surface area contributed by atoms with Crippen molar-refractivity contribution in [3.05, 3.63) is 70.1 Å². The molecule has 4 rings (SSSR count). The van der Waals surface area contributed by atoms with E-state index in [4.69, 9.17) is 11.6 Å². The number of benzene rings is 2. The molecule has 0 saturated carbocycles. The standard InChI is InChI=1S/C20H15ClN4O2S/c1-12(26)18-17(14-8-10-16(21)11-9-14)24(13(2)27)25-19(22-23-20(25)28-18)15-6-4-3-5-7-15/h3-11H,1-2H3. The quantitative estimate of drug-likeness (QED) is 0.648. The van der Waals surface area contributed by atoms with Gasteiger partial charge in [0, 0.05) is 23.1 Å². The first-order valence-corrected chi connectivity index (χ1v) is 9.67. The van der Waals surface area contributed by atoms with Crippen molar-refractivity contribution < 1.29 is 9.59 Å². The van der Waals surface area contributed by atoms with Gasteiger partial charge >= 0.3 is 0 Å². The number of hydrogen-bond acceptors (Lipinski definition) is 5. The molecule has 0 N–H and O–H groups in total. The molecule has 0 spiro atoms. The van der Waals surface area contributed by atoms with E-state index >= 15 is 0 Å². The summed E-state index contributed by atoms with van der Waals surface area (Å²) >= 11 is 7.22. The SMILES string of the molecule is CC(=O)C1=C(c2ccc(Cl)cc2)N(C(C)=O)n2c(nnc2-c2ccccc2)S1. The smallest absolute Gasteiger partial charge is 0.243 e. The number of amides is 1. The highest BCUT2D eigenvalue weighted by atomic mass is 35.5. The highest BCUT2D eigenvalue weighted by molar-refractivity contribution is 8.04. The zero-order valence-corrected chi connectivity index (χ0v) is 16.7. The summed E-state index contributed by atoms with van der Waals surface area (Å²) < 4.78 is 1.65. The second kappa shape index (κ2) is 7.26. The third kappa shape index (κ3) is 3.12. The fraction of sp³-hybridized carbons (Fsp3) is 0.100. The van der Waals surface area contributed by atoms with Crippen molar-refractivity contribution in [1.82, 2.24) is 14.9 Å². The van der Waals surface area contributed by atoms with Gasteiger partial charge < -0.3 is 0 Å². The topological polar surface area (TPSA) is 68.1 Å². The van der Waals surface area contributed by atoms with Crippen LogP contribution in [0.4, 0.5) is 0 Å². The molecule has 0 aliphatic carbocycles. The molecule has 140 valence electrons. The average Bonchev–Trinajstić information content (AvgIpc) is 3.11. The Morgan fingerprint density at radius 3 is 2.21 bits per heavy atom. The lowest BCUT2D eigenvalue weighted by molar-refractivity contribution is -0.117. The van der Waals surface area contributed by atoms with E-state index in [1.807, 2.05) is 30.3 Å². The Hall–Kier alpha value is -2.90. The van der Waals surface area contributed by atoms with Crippen LogP contribution >= 0.6 is 23.4 Å². The lowest BCUT2D eigenvalue weighted by Gasteiger charge is -2.32. The molecule has 28 heavy (non-hydrogen) atoms. The summed E-state index contributed by atoms with van der Waals surface area (Å²) in [4.78, 5) is 25.6. The molecule has 1 amide bonds. The summed E-state index contributed by atoms with van der Waals surface area (Å²) in [6.07, 6.45) is 0. The second-order valence-electron chi connectivity index (χ2n) is 6.16. The van der Waals surface area contributed by atoms with Gasteiger partial charge in [-0.3, -0.25) is 9.59 Å². The molecule has 2 heterocycles. The first-order valence-electron chi connectivity index (χ1n) is 8.48. The Kier molecular flexibility index (Phi) is 4.78. The number of fused-ring (bicyclic) bond motifs is 1. The number of carbonyl (C=O) groups is 2. The first kappa shape index (κ1) is 18.5. The molecule has 0 radical (unpaired) electrons. The number of ketones is 1. The van der Waals surface area contributed by atoms with Crippen molar-refractivity contribution in [3.8, 4) is 11.4 Å². The molecule has 0 unspecified atom stereocenters. The highest BCUT2D eigenvalue weighted by Gasteiger charge is 2.35. The van der Waals surface area contributed by atoms with E-state index in [0.29, 0.717) is 32.2 Å². The average molecular weight is 411 g/mol. The minimum atomic E-state index is -0.262. The lowest BCUT2D eigenvalue weighted by Crippen LogP contribution is -2.41. The predicted molar refractivity (Wildman–Crippen MR) is 109 cm³/mol. The summed E-state index contributed by atoms with van der Waals surface area (Å²) in [6.45, 7) is 2.92. The van der Waals surface area contributed by atoms with E-state index in [2.05, 4.69) is 10.2 Å². The van der Waals surface area contributed by atoms with Gasteiger partial charge in [0.2, 0.25) is 11.1 Å². The van der Waals surface area contributed by atoms with Gasteiger partial charge in [-0.05, 0) is 30.8 Å². The molecule has 1 aromatic heterocycles. The van der Waals surface area contributed by atoms with Crippen molar-refractivity contribution in [2.24, 2.45) is 0 Å². The van der Waals surface area contributed by atoms with Gasteiger partial charge in [-0.1, -0.05) is 54.1 Å². The Labute approximate surface area is 170 Å². The summed E-state index contributed by atoms with van der Waals surface area (Å²) in [5.41, 5.74) is 2.01. The minimum absolute atomic E-state index is 0.156. The number of aromatic nitrogens is 3. The molecular weight excluding hydrogens is 396 g/mol. The van der Waals surface area contributed by atoms with Crippen LogP contribution < -0.4 is 5.01 Å². The Bertz CT molecular complexity index is 1110. The fourth-order valence-electron chi connectivity index (χ4n) is 3.01. The molecule has 0 saturated heterocycles. The van der Waals surface area contributed by atoms with Gasteiger partial charge in [-0.2, -0.15) is 4.68 Å². The lowest BCUT2D eigenvalue weighted by atomic mass is 10.1. The van der Waals surface area contributed by atoms with Crippen LogP contribution in [0.3, 0.4) is 0 Å². The Balaban J connectivity index is 1.97. The normalized spacial score (nSPS) is 13.5. The molecule has 0 fully saturated rings. The van der Waals surface area contributed by atoms with Crippen LogP contribution in [0.1, 0.15) is 19.4 Å². The predicted octanol–water partition coefficient (Wildman–Crippen LogP) is 4.15. The number of hydrogen-bond donors (Lipinski definition) is 0. The maximum atomic E-state index is 12.7. The molecule has 1 aliphatic heterocycles. The minimum Gasteiger partial charge on any atom is -0.294 e. The number of Topliss-reactive ketones (excluding diaryl/α,β-unsaturated/α-hetero) is 1. The van der Waals surface area contributed by atoms with E-state index in [9.17, 15) is 9.59 Å². The Morgan fingerprint density at radius 2 is 1.61 bits per heavy atom. The van der Waals surface area contributed by atoms with Crippen LogP contribution in [0, 0.1) is 0 Å². The third-order valence-electron chi connectivity index (χ3n) is 4.20. The number of nitrogens with zero attached hydrogens (tertiary/aromatic N) is 4. The van der Waals surface area contributed by atoms with Crippen LogP contribution in [0.15, 0.2) is 64.7 Å². The number of halogens is 1. The highest BCUT2D eigenvalue weighted by Crippen LogP contribution is 2.41. The molecule has 6 nitrogen and oxygen atoms in total. The number of rotatable bonds is 3. The van der Waals surface area contributed by atoms with Crippen LogP contribution in [0.25, 0.3) is 17.1 Å². The fourth-order valence-corrected chi connectivity index (χ4v) is 4.10. The molecule has 0 atom stereocenters. The van der Waals surface area contributed by atoms with Crippen LogP contribution in [0.5, 0.6) is 0 Å². The van der Waals surface area contributed by atoms with Crippen molar-refractivity contribution in [2.45, 2.75) is 19.0 Å². The van der Waals surface area contributed by atoms with Crippen molar-refractivity contribution in [2.75, 3.05) is 5.01 Å². The zero-order chi connectivity index (χ0) is 19.8. The first-order chi connectivity index (χ1) is 13.5. The number of carbonyl (C=O) groups excluding carboxylic acids is 2. The van der Waals surface area contributed by atoms with E-state index in [0.717, 1.165) is 5.56 Å². The summed E-state index contributed by atoms with van der Waals surface area (Å²) in [5, 5.41) is 11.0. The van der Waals surface area contributed by atoms with Gasteiger partial charge in [0.05, 0.1) is 10.6 Å². The maximum Gasteiger partial charge on any atom is 0.243 e. The van der Waals surface area contributed by atoms with Crippen LogP contribution in [0.2, 0.25) is 5.02 Å². The molecule has 8 heteroatoms. The third-order valence-corrected chi connectivity index (χ3v) is 5.57. The summed E-state index contributed by atoms with van der Waals surface area (Å²) in [5.74, 6) is 0.103. The van der Waals surface area contributed by atoms with Gasteiger partial charge in [-0.15, -0.1) is 10.2 Å². The van der Waals surface area contributed by atoms with Crippen LogP contribution in [-0.4, -0.2) is 26.6 Å². The molecule has 0 bridgehead atoms. The van der Waals surface area contributed by atoms with Crippen molar-refractivity contribution in [1.29, 1.82) is 0 Å². The van der Waals surface area contributed by atoms with E-state index in [1.54, 1.807) is 28.9 Å². The van der Waals surface area contributed by atoms with Gasteiger partial charge in [0.15, 0.2) is 11.6 Å². The number of allylic oxidation sites excluding steroid dienone is 1. The van der Waals surface area contributed by atoms with E-state index in [-0.39, 0.29) is 11.7 Å². The molecule has 3 aromatic rings. The zero-order valence-electron chi connectivity index (χ0n) is 15.1. The van der Waals surface area contributed by atoms with Gasteiger partial charge in [0.1, 0.15) is 0 Å². The summed E-state index contributed by atoms with van der Waals surface area (Å²) in [7, 11) is 0. The Morgan fingerprint density at radius 1 is 0.929 bits per heavy atom. The van der Waals surface area contributed by atoms with Gasteiger partial charge in [-0.25, -0.2) is 5.01 Å². The van der Waals surface area contributed by atoms with Gasteiger partial charge in [0.25, 0.3) is 0 Å². The van der Waals surface area contributed by atoms with E-state index < -0.39 is 0 Å². The molecule has 2 aromatic carbocycles. The van der Waals surface area contributed by atoms with Crippen molar-refractivity contribution in [3.63, 3.8) is 0 Å². The second-order valence-corrected chi connectivity index (χ2v) is 7.57. The largest absolute Gasteiger partial charge is 0.294 e.